The van der Waals surface area contributed by atoms with Crippen molar-refractivity contribution in [3.05, 3.63) is 0 Å². The van der Waals surface area contributed by atoms with Crippen LogP contribution >= 0.6 is 0 Å². The summed E-state index contributed by atoms with van der Waals surface area (Å²) < 4.78 is 0. The van der Waals surface area contributed by atoms with Crippen LogP contribution in [0.25, 0.3) is 0 Å². The monoisotopic (exact) mass is 68.0 g/mol. The van der Waals surface area contributed by atoms with Gasteiger partial charge in [0, 0.05) is 0 Å². The van der Waals surface area contributed by atoms with Gasteiger partial charge in [0.05, 0.1) is 0 Å². The zero-order valence-electron chi connectivity index (χ0n) is 3.22. The molecule has 0 aromatic carbocycles. The van der Waals surface area contributed by atoms with Crippen LogP contribution in [0.3, 0.4) is 0 Å². The Balaban J connectivity index is 0. The van der Waals surface area contributed by atoms with Gasteiger partial charge in [0.15, 0.2) is 0 Å². The van der Waals surface area contributed by atoms with Crippen molar-refractivity contribution in [3.63, 3.8) is 0 Å². The van der Waals surface area contributed by atoms with Crippen molar-refractivity contribution in [1.82, 2.24) is 0 Å². The predicted octanol–water partition coefficient (Wildman–Crippen LogP) is -2.43. The van der Waals surface area contributed by atoms with Crippen molar-refractivity contribution >= 4 is 0 Å². The molecule has 0 atom stereocenters. The van der Waals surface area contributed by atoms with E-state index in [0.29, 0.717) is 0 Å². The largest absolute Gasteiger partial charge is 1.00 e. The molecule has 0 aromatic heterocycles. The Hall–Kier alpha value is 0.387. The van der Waals surface area contributed by atoms with E-state index in [1.165, 1.54) is 0 Å². The van der Waals surface area contributed by atoms with E-state index in [-0.39, 0.29) is 34.4 Å². The van der Waals surface area contributed by atoms with E-state index in [9.17, 15) is 0 Å². The quantitative estimate of drug-likeness (QED) is 0.277. The molecule has 0 radical (unpaired) electrons. The van der Waals surface area contributed by atoms with Crippen molar-refractivity contribution < 1.29 is 34.4 Å². The summed E-state index contributed by atoms with van der Waals surface area (Å²) in [6, 6.07) is 0. The molecule has 0 aliphatic heterocycles. The summed E-state index contributed by atoms with van der Waals surface area (Å²) in [5.41, 5.74) is 0. The molecule has 0 aromatic rings. The maximum Gasteiger partial charge on any atom is 1.00 e. The molecule has 0 heterocycles. The van der Waals surface area contributed by atoms with E-state index in [2.05, 4.69) is 0 Å². The number of hydrogen-bond donors (Lipinski definition) is 0. The van der Waals surface area contributed by atoms with Crippen LogP contribution in [0.5, 0.6) is 0 Å². The third-order valence-electron chi connectivity index (χ3n) is 0. The minimum Gasteiger partial charge on any atom is -1.00 e. The number of hydrogen-bond acceptors (Lipinski definition) is 0. The van der Waals surface area contributed by atoms with Crippen molar-refractivity contribution in [1.29, 1.82) is 0 Å². The third kappa shape index (κ3) is 30.6. The average molecular weight is 68.0 g/mol. The second kappa shape index (κ2) is 129. The van der Waals surface area contributed by atoms with E-state index in [0.717, 1.165) is 0 Å². The molecule has 4 heteroatoms. The molecule has 26 valence electrons. The van der Waals surface area contributed by atoms with Gasteiger partial charge in [-0.05, 0) is 0 Å². The molecule has 0 bridgehead atoms. The maximum atomic E-state index is 0. The van der Waals surface area contributed by atoms with Gasteiger partial charge in [-0.3, -0.25) is 14.1 Å². The van der Waals surface area contributed by atoms with Crippen LogP contribution < -0.4 is 18.9 Å². The second-order valence-corrected chi connectivity index (χ2v) is 0. The zero-order valence-corrected chi connectivity index (χ0v) is 2.22. The van der Waals surface area contributed by atoms with Crippen molar-refractivity contribution in [2.24, 2.45) is 0 Å². The topological polar surface area (TPSA) is 0 Å². The van der Waals surface area contributed by atoms with Crippen LogP contribution in [0.4, 0.5) is 14.1 Å². The molecule has 0 spiro atoms. The standard InChI is InChI=1S/3FH.Li.H/h3*1H;;/q;;;+1;-1. The summed E-state index contributed by atoms with van der Waals surface area (Å²) in [5, 5.41) is 0. The fourth-order valence-corrected chi connectivity index (χ4v) is 0. The van der Waals surface area contributed by atoms with Gasteiger partial charge in [-0.1, -0.05) is 0 Å². The Morgan fingerprint density at radius 2 is 0.750 bits per heavy atom. The minimum absolute atomic E-state index is 0. The Labute approximate surface area is 35.3 Å². The first kappa shape index (κ1) is 335. The Kier molecular flexibility index (Phi) is 10800. The van der Waals surface area contributed by atoms with Gasteiger partial charge in [-0.25, -0.2) is 0 Å². The van der Waals surface area contributed by atoms with Gasteiger partial charge in [0.2, 0.25) is 0 Å². The molecule has 0 fully saturated rings. The first-order valence-electron chi connectivity index (χ1n) is 0. The molecule has 0 unspecified atom stereocenters. The normalized spacial score (nSPS) is 0. The summed E-state index contributed by atoms with van der Waals surface area (Å²) in [4.78, 5) is 0. The van der Waals surface area contributed by atoms with Gasteiger partial charge >= 0.3 is 18.9 Å². The first-order valence-corrected chi connectivity index (χ1v) is 0. The molecule has 0 rings (SSSR count). The van der Waals surface area contributed by atoms with Gasteiger partial charge < -0.3 is 1.43 Å². The molecule has 0 aliphatic carbocycles. The SMILES string of the molecule is F.F.F.[H-].[Li+]. The minimum atomic E-state index is 0. The molecule has 4 heavy (non-hydrogen) atoms. The van der Waals surface area contributed by atoms with Crippen molar-refractivity contribution in [2.45, 2.75) is 0 Å². The van der Waals surface area contributed by atoms with Crippen LogP contribution in [0.1, 0.15) is 1.43 Å². The predicted molar refractivity (Wildman–Crippen MR) is 8.62 cm³/mol. The van der Waals surface area contributed by atoms with Crippen LogP contribution in [0, 0.1) is 0 Å². The van der Waals surface area contributed by atoms with E-state index in [4.69, 9.17) is 0 Å². The molecule has 0 aliphatic rings. The van der Waals surface area contributed by atoms with Crippen LogP contribution in [-0.2, 0) is 0 Å². The van der Waals surface area contributed by atoms with E-state index in [1.54, 1.807) is 0 Å². The van der Waals surface area contributed by atoms with Crippen molar-refractivity contribution in [2.75, 3.05) is 0 Å². The molecule has 0 nitrogen and oxygen atoms in total. The zero-order chi connectivity index (χ0) is 0. The Morgan fingerprint density at radius 3 is 0.750 bits per heavy atom. The van der Waals surface area contributed by atoms with Crippen molar-refractivity contribution in [3.8, 4) is 0 Å². The summed E-state index contributed by atoms with van der Waals surface area (Å²) in [7, 11) is 0. The molecular formula is H4F3Li. The number of halogens is 3. The average Bonchev–Trinajstić information content (AvgIpc) is 0. The summed E-state index contributed by atoms with van der Waals surface area (Å²) in [6.45, 7) is 0. The van der Waals surface area contributed by atoms with Gasteiger partial charge in [-0.2, -0.15) is 0 Å². The third-order valence-corrected chi connectivity index (χ3v) is 0. The summed E-state index contributed by atoms with van der Waals surface area (Å²) >= 11 is 0. The fraction of sp³-hybridized carbons (Fsp3) is 0. The van der Waals surface area contributed by atoms with Crippen LogP contribution in [0.15, 0.2) is 0 Å². The van der Waals surface area contributed by atoms with E-state index >= 15 is 0 Å². The molecule has 0 N–H and O–H groups in total. The number of rotatable bonds is 0. The van der Waals surface area contributed by atoms with Gasteiger partial charge in [0.25, 0.3) is 0 Å². The molecule has 0 saturated carbocycles. The smallest absolute Gasteiger partial charge is 1.00 e. The Morgan fingerprint density at radius 1 is 0.750 bits per heavy atom. The second-order valence-electron chi connectivity index (χ2n) is 0. The first-order chi connectivity index (χ1) is 0. The Bertz CT molecular complexity index is 6.85. The van der Waals surface area contributed by atoms with Crippen LogP contribution in [0.2, 0.25) is 0 Å². The van der Waals surface area contributed by atoms with Gasteiger partial charge in [0.1, 0.15) is 0 Å². The molecule has 0 saturated heterocycles. The summed E-state index contributed by atoms with van der Waals surface area (Å²) in [6.07, 6.45) is 0. The van der Waals surface area contributed by atoms with Gasteiger partial charge in [-0.15, -0.1) is 0 Å². The molecule has 0 amide bonds. The summed E-state index contributed by atoms with van der Waals surface area (Å²) in [5.74, 6) is 0. The van der Waals surface area contributed by atoms with E-state index in [1.807, 2.05) is 0 Å². The molecular weight excluding hydrogens is 63.9 g/mol. The van der Waals surface area contributed by atoms with Crippen LogP contribution in [-0.4, -0.2) is 0 Å². The van der Waals surface area contributed by atoms with E-state index < -0.39 is 0 Å². The maximum absolute atomic E-state index is 0. The fourth-order valence-electron chi connectivity index (χ4n) is 0.